The van der Waals surface area contributed by atoms with E-state index >= 15 is 0 Å². The Bertz CT molecular complexity index is 754. The largest absolute Gasteiger partial charge is 0.497 e. The first kappa shape index (κ1) is 16.5. The molecule has 0 saturated heterocycles. The van der Waals surface area contributed by atoms with Gasteiger partial charge in [0.2, 0.25) is 5.75 Å². The molecule has 0 amide bonds. The second-order valence-corrected chi connectivity index (χ2v) is 5.68. The van der Waals surface area contributed by atoms with Gasteiger partial charge in [0.25, 0.3) is 0 Å². The molecule has 1 aliphatic rings. The van der Waals surface area contributed by atoms with Crippen LogP contribution in [0.3, 0.4) is 0 Å². The van der Waals surface area contributed by atoms with Crippen LogP contribution in [0.4, 0.5) is 0 Å². The summed E-state index contributed by atoms with van der Waals surface area (Å²) in [6, 6.07) is 7.69. The number of fused-ring (bicyclic) bond motifs is 3. The Balaban J connectivity index is 2.31. The first-order chi connectivity index (χ1) is 11.6. The van der Waals surface area contributed by atoms with E-state index in [1.165, 1.54) is 0 Å². The highest BCUT2D eigenvalue weighted by molar-refractivity contribution is 5.79. The first-order valence-corrected chi connectivity index (χ1v) is 7.82. The van der Waals surface area contributed by atoms with Gasteiger partial charge >= 0.3 is 0 Å². The average molecular weight is 330 g/mol. The van der Waals surface area contributed by atoms with Gasteiger partial charge in [-0.3, -0.25) is 0 Å². The monoisotopic (exact) mass is 330 g/mol. The Morgan fingerprint density at radius 2 is 1.62 bits per heavy atom. The summed E-state index contributed by atoms with van der Waals surface area (Å²) in [6.45, 7) is 0. The molecule has 0 heterocycles. The molecule has 1 aliphatic carbocycles. The summed E-state index contributed by atoms with van der Waals surface area (Å²) in [5, 5.41) is 10.6. The maximum atomic E-state index is 10.6. The lowest BCUT2D eigenvalue weighted by Crippen LogP contribution is -2.01. The lowest BCUT2D eigenvalue weighted by atomic mass is 9.94. The van der Waals surface area contributed by atoms with E-state index in [0.717, 1.165) is 28.0 Å². The van der Waals surface area contributed by atoms with Gasteiger partial charge in [0.1, 0.15) is 5.75 Å². The van der Waals surface area contributed by atoms with E-state index in [2.05, 4.69) is 0 Å². The number of methoxy groups -OCH3 is 4. The molecule has 2 aromatic carbocycles. The summed E-state index contributed by atoms with van der Waals surface area (Å²) in [7, 11) is 6.44. The molecular weight excluding hydrogens is 308 g/mol. The second kappa shape index (κ2) is 6.61. The minimum atomic E-state index is -0.566. The Morgan fingerprint density at radius 3 is 2.25 bits per heavy atom. The zero-order chi connectivity index (χ0) is 17.3. The fourth-order valence-electron chi connectivity index (χ4n) is 3.33. The van der Waals surface area contributed by atoms with Crippen molar-refractivity contribution in [1.82, 2.24) is 0 Å². The highest BCUT2D eigenvalue weighted by atomic mass is 16.5. The molecule has 0 aromatic heterocycles. The first-order valence-electron chi connectivity index (χ1n) is 7.82. The molecule has 1 atom stereocenters. The molecule has 3 rings (SSSR count). The average Bonchev–Trinajstić information content (AvgIpc) is 2.76. The number of benzene rings is 2. The predicted molar refractivity (Wildman–Crippen MR) is 91.4 cm³/mol. The molecule has 0 saturated carbocycles. The van der Waals surface area contributed by atoms with E-state index in [0.29, 0.717) is 30.1 Å². The third-order valence-electron chi connectivity index (χ3n) is 4.51. The number of hydrogen-bond acceptors (Lipinski definition) is 5. The van der Waals surface area contributed by atoms with Crippen LogP contribution in [-0.2, 0) is 6.42 Å². The van der Waals surface area contributed by atoms with Crippen LogP contribution in [0.5, 0.6) is 23.0 Å². The van der Waals surface area contributed by atoms with Gasteiger partial charge in [-0.25, -0.2) is 0 Å². The van der Waals surface area contributed by atoms with Crippen molar-refractivity contribution in [1.29, 1.82) is 0 Å². The number of aliphatic hydroxyl groups excluding tert-OH is 1. The van der Waals surface area contributed by atoms with Crippen molar-refractivity contribution in [2.24, 2.45) is 0 Å². The molecule has 2 aromatic rings. The van der Waals surface area contributed by atoms with Crippen LogP contribution in [-0.4, -0.2) is 33.5 Å². The number of aliphatic hydroxyl groups is 1. The molecule has 5 heteroatoms. The van der Waals surface area contributed by atoms with Gasteiger partial charge < -0.3 is 24.1 Å². The third kappa shape index (κ3) is 2.55. The maximum Gasteiger partial charge on any atom is 0.203 e. The van der Waals surface area contributed by atoms with Gasteiger partial charge in [0.15, 0.2) is 11.5 Å². The third-order valence-corrected chi connectivity index (χ3v) is 4.51. The van der Waals surface area contributed by atoms with Gasteiger partial charge in [-0.15, -0.1) is 0 Å². The van der Waals surface area contributed by atoms with Crippen molar-refractivity contribution in [2.75, 3.05) is 28.4 Å². The van der Waals surface area contributed by atoms with E-state index in [-0.39, 0.29) is 0 Å². The number of hydrogen-bond donors (Lipinski definition) is 1. The number of ether oxygens (including phenoxy) is 4. The van der Waals surface area contributed by atoms with Crippen molar-refractivity contribution < 1.29 is 24.1 Å². The summed E-state index contributed by atoms with van der Waals surface area (Å²) in [5.41, 5.74) is 3.80. The van der Waals surface area contributed by atoms with Crippen LogP contribution in [0.15, 0.2) is 24.3 Å². The van der Waals surface area contributed by atoms with Crippen LogP contribution in [0.1, 0.15) is 23.7 Å². The lowest BCUT2D eigenvalue weighted by Gasteiger charge is -2.19. The Labute approximate surface area is 141 Å². The normalized spacial score (nSPS) is 15.8. The topological polar surface area (TPSA) is 57.2 Å². The molecule has 5 nitrogen and oxygen atoms in total. The highest BCUT2D eigenvalue weighted by Gasteiger charge is 2.27. The van der Waals surface area contributed by atoms with Crippen molar-refractivity contribution >= 4 is 0 Å². The van der Waals surface area contributed by atoms with Gasteiger partial charge in [-0.05, 0) is 47.7 Å². The molecule has 1 N–H and O–H groups in total. The number of rotatable bonds is 4. The van der Waals surface area contributed by atoms with E-state index < -0.39 is 6.10 Å². The quantitative estimate of drug-likeness (QED) is 0.931. The molecule has 0 unspecified atom stereocenters. The SMILES string of the molecule is COc1ccc2c(c1)[C@H](O)CCc1c-2cc(OC)c(OC)c1OC. The summed E-state index contributed by atoms with van der Waals surface area (Å²) < 4.78 is 21.9. The highest BCUT2D eigenvalue weighted by Crippen LogP contribution is 2.49. The van der Waals surface area contributed by atoms with Crippen LogP contribution in [0.25, 0.3) is 11.1 Å². The summed E-state index contributed by atoms with van der Waals surface area (Å²) in [4.78, 5) is 0. The lowest BCUT2D eigenvalue weighted by molar-refractivity contribution is 0.168. The molecule has 128 valence electrons. The van der Waals surface area contributed by atoms with E-state index in [1.54, 1.807) is 28.4 Å². The van der Waals surface area contributed by atoms with Gasteiger partial charge in [0.05, 0.1) is 34.5 Å². The van der Waals surface area contributed by atoms with Crippen molar-refractivity contribution in [3.8, 4) is 34.1 Å². The standard InChI is InChI=1S/C19H22O5/c1-21-11-5-6-12-14-10-17(22-2)19(24-4)18(23-3)13(14)7-8-16(20)15(12)9-11/h5-6,9-10,16,20H,7-8H2,1-4H3/t16-/m1/s1. The Kier molecular flexibility index (Phi) is 4.53. The minimum absolute atomic E-state index is 0.566. The van der Waals surface area contributed by atoms with Crippen molar-refractivity contribution in [3.63, 3.8) is 0 Å². The van der Waals surface area contributed by atoms with E-state index in [4.69, 9.17) is 18.9 Å². The predicted octanol–water partition coefficient (Wildman–Crippen LogP) is 3.37. The molecule has 0 spiro atoms. The van der Waals surface area contributed by atoms with Crippen LogP contribution < -0.4 is 18.9 Å². The molecule has 0 bridgehead atoms. The molecule has 24 heavy (non-hydrogen) atoms. The fourth-order valence-corrected chi connectivity index (χ4v) is 3.33. The maximum absolute atomic E-state index is 10.6. The van der Waals surface area contributed by atoms with Gasteiger partial charge in [-0.2, -0.15) is 0 Å². The van der Waals surface area contributed by atoms with Crippen LogP contribution in [0.2, 0.25) is 0 Å². The zero-order valence-electron chi connectivity index (χ0n) is 14.4. The van der Waals surface area contributed by atoms with Crippen LogP contribution in [0, 0.1) is 0 Å². The molecule has 0 aliphatic heterocycles. The van der Waals surface area contributed by atoms with Gasteiger partial charge in [0, 0.05) is 5.56 Å². The molecule has 0 radical (unpaired) electrons. The summed E-state index contributed by atoms with van der Waals surface area (Å²) in [6.07, 6.45) is 0.708. The summed E-state index contributed by atoms with van der Waals surface area (Å²) >= 11 is 0. The minimum Gasteiger partial charge on any atom is -0.497 e. The van der Waals surface area contributed by atoms with Gasteiger partial charge in [-0.1, -0.05) is 6.07 Å². The summed E-state index contributed by atoms with van der Waals surface area (Å²) in [5.74, 6) is 2.56. The van der Waals surface area contributed by atoms with Crippen LogP contribution >= 0.6 is 0 Å². The van der Waals surface area contributed by atoms with E-state index in [1.807, 2.05) is 24.3 Å². The zero-order valence-corrected chi connectivity index (χ0v) is 14.4. The molecular formula is C19H22O5. The second-order valence-electron chi connectivity index (χ2n) is 5.68. The van der Waals surface area contributed by atoms with Crippen molar-refractivity contribution in [2.45, 2.75) is 18.9 Å². The van der Waals surface area contributed by atoms with Crippen molar-refractivity contribution in [3.05, 3.63) is 35.4 Å². The molecule has 0 fully saturated rings. The Morgan fingerprint density at radius 1 is 0.875 bits per heavy atom. The fraction of sp³-hybridized carbons (Fsp3) is 0.368. The smallest absolute Gasteiger partial charge is 0.203 e. The Hall–Kier alpha value is -2.40. The van der Waals surface area contributed by atoms with E-state index in [9.17, 15) is 5.11 Å².